The molecule has 1 aliphatic rings. The molecule has 17 heavy (non-hydrogen) atoms. The zero-order chi connectivity index (χ0) is 12.0. The number of rotatable bonds is 2. The number of hydrogen-bond donors (Lipinski definition) is 0. The molecule has 0 aliphatic heterocycles. The van der Waals surface area contributed by atoms with Gasteiger partial charge in [0.1, 0.15) is 16.7 Å². The van der Waals surface area contributed by atoms with Crippen molar-refractivity contribution in [1.29, 1.82) is 0 Å². The summed E-state index contributed by atoms with van der Waals surface area (Å²) < 4.78 is 27.7. The third-order valence-electron chi connectivity index (χ3n) is 2.82. The van der Waals surface area contributed by atoms with Crippen molar-refractivity contribution in [2.24, 2.45) is 0 Å². The molecule has 0 spiro atoms. The van der Waals surface area contributed by atoms with Gasteiger partial charge >= 0.3 is 0 Å². The van der Waals surface area contributed by atoms with Gasteiger partial charge < -0.3 is 0 Å². The monoisotopic (exact) mass is 254 g/mol. The molecular weight excluding hydrogens is 246 g/mol. The molecule has 2 nitrogen and oxygen atoms in total. The molecule has 5 heteroatoms. The van der Waals surface area contributed by atoms with Crippen LogP contribution in [0.4, 0.5) is 8.78 Å². The van der Waals surface area contributed by atoms with Crippen molar-refractivity contribution in [3.63, 3.8) is 0 Å². The van der Waals surface area contributed by atoms with Crippen molar-refractivity contribution in [2.45, 2.75) is 18.8 Å². The van der Waals surface area contributed by atoms with Crippen LogP contribution in [0.15, 0.2) is 24.3 Å². The molecule has 0 unspecified atom stereocenters. The summed E-state index contributed by atoms with van der Waals surface area (Å²) >= 11 is 6.00. The van der Waals surface area contributed by atoms with Gasteiger partial charge in [-0.3, -0.25) is 0 Å². The lowest BCUT2D eigenvalue weighted by atomic mass is 10.3. The van der Waals surface area contributed by atoms with Crippen LogP contribution in [0.1, 0.15) is 24.5 Å². The summed E-state index contributed by atoms with van der Waals surface area (Å²) in [5, 5.41) is 4.60. The van der Waals surface area contributed by atoms with Crippen molar-refractivity contribution in [1.82, 2.24) is 9.78 Å². The fraction of sp³-hybridized carbons (Fsp3) is 0.250. The average Bonchev–Trinajstić information content (AvgIpc) is 3.04. The molecule has 1 fully saturated rings. The van der Waals surface area contributed by atoms with Crippen LogP contribution in [0.25, 0.3) is 5.69 Å². The molecule has 88 valence electrons. The first-order valence-corrected chi connectivity index (χ1v) is 5.74. The molecule has 0 N–H and O–H groups in total. The fourth-order valence-electron chi connectivity index (χ4n) is 1.78. The van der Waals surface area contributed by atoms with Crippen molar-refractivity contribution in [2.75, 3.05) is 0 Å². The SMILES string of the molecule is Fc1ccc(-n2nc(C3CC3)cc2Cl)c(F)c1. The molecule has 1 aliphatic carbocycles. The molecule has 1 saturated carbocycles. The fourth-order valence-corrected chi connectivity index (χ4v) is 2.02. The second-order valence-corrected chi connectivity index (χ2v) is 4.56. The highest BCUT2D eigenvalue weighted by Gasteiger charge is 2.27. The predicted octanol–water partition coefficient (Wildman–Crippen LogP) is 3.68. The van der Waals surface area contributed by atoms with Gasteiger partial charge in [0, 0.05) is 12.0 Å². The van der Waals surface area contributed by atoms with E-state index in [4.69, 9.17) is 11.6 Å². The lowest BCUT2D eigenvalue weighted by molar-refractivity contribution is 0.573. The van der Waals surface area contributed by atoms with Crippen LogP contribution in [0.5, 0.6) is 0 Å². The van der Waals surface area contributed by atoms with Gasteiger partial charge in [-0.15, -0.1) is 0 Å². The Hall–Kier alpha value is -1.42. The number of nitrogens with zero attached hydrogens (tertiary/aromatic N) is 2. The summed E-state index contributed by atoms with van der Waals surface area (Å²) in [6, 6.07) is 5.08. The Kier molecular flexibility index (Phi) is 2.40. The van der Waals surface area contributed by atoms with Gasteiger partial charge in [-0.25, -0.2) is 13.5 Å². The van der Waals surface area contributed by atoms with E-state index in [0.29, 0.717) is 11.1 Å². The lowest BCUT2D eigenvalue weighted by Crippen LogP contribution is -2.01. The van der Waals surface area contributed by atoms with Gasteiger partial charge in [0.2, 0.25) is 0 Å². The summed E-state index contributed by atoms with van der Waals surface area (Å²) in [4.78, 5) is 0. The van der Waals surface area contributed by atoms with Gasteiger partial charge in [0.25, 0.3) is 0 Å². The molecular formula is C12H9ClF2N2. The molecule has 1 aromatic heterocycles. The largest absolute Gasteiger partial charge is 0.219 e. The summed E-state index contributed by atoms with van der Waals surface area (Å²) in [6.45, 7) is 0. The molecule has 1 aromatic carbocycles. The Labute approximate surface area is 102 Å². The van der Waals surface area contributed by atoms with Crippen LogP contribution in [0.2, 0.25) is 5.15 Å². The maximum Gasteiger partial charge on any atom is 0.151 e. The minimum Gasteiger partial charge on any atom is -0.219 e. The van der Waals surface area contributed by atoms with E-state index in [1.807, 2.05) is 0 Å². The molecule has 2 aromatic rings. The van der Waals surface area contributed by atoms with E-state index in [2.05, 4.69) is 5.10 Å². The average molecular weight is 255 g/mol. The van der Waals surface area contributed by atoms with E-state index in [1.165, 1.54) is 16.8 Å². The van der Waals surface area contributed by atoms with Crippen LogP contribution >= 0.6 is 11.6 Å². The van der Waals surface area contributed by atoms with Crippen LogP contribution in [-0.4, -0.2) is 9.78 Å². The smallest absolute Gasteiger partial charge is 0.151 e. The number of aromatic nitrogens is 2. The quantitative estimate of drug-likeness (QED) is 0.799. The molecule has 0 saturated heterocycles. The zero-order valence-electron chi connectivity index (χ0n) is 8.83. The van der Waals surface area contributed by atoms with Gasteiger partial charge in [-0.2, -0.15) is 5.10 Å². The molecule has 1 heterocycles. The first-order valence-electron chi connectivity index (χ1n) is 5.36. The van der Waals surface area contributed by atoms with Gasteiger partial charge in [0.15, 0.2) is 5.82 Å². The predicted molar refractivity (Wildman–Crippen MR) is 60.5 cm³/mol. The second kappa shape index (κ2) is 3.81. The Morgan fingerprint density at radius 3 is 2.65 bits per heavy atom. The first kappa shape index (κ1) is 10.7. The number of halogens is 3. The summed E-state index contributed by atoms with van der Waals surface area (Å²) in [5.41, 5.74) is 1.04. The molecule has 0 radical (unpaired) electrons. The summed E-state index contributed by atoms with van der Waals surface area (Å²) in [6.07, 6.45) is 2.19. The molecule has 0 atom stereocenters. The number of benzene rings is 1. The highest BCUT2D eigenvalue weighted by molar-refractivity contribution is 6.29. The van der Waals surface area contributed by atoms with E-state index >= 15 is 0 Å². The first-order chi connectivity index (χ1) is 8.15. The van der Waals surface area contributed by atoms with Crippen molar-refractivity contribution in [3.05, 3.63) is 46.7 Å². The summed E-state index contributed by atoms with van der Waals surface area (Å²) in [7, 11) is 0. The highest BCUT2D eigenvalue weighted by Crippen LogP contribution is 2.40. The van der Waals surface area contributed by atoms with Crippen LogP contribution in [-0.2, 0) is 0 Å². The van der Waals surface area contributed by atoms with Crippen LogP contribution in [0, 0.1) is 11.6 Å². The van der Waals surface area contributed by atoms with Crippen LogP contribution < -0.4 is 0 Å². The molecule has 0 bridgehead atoms. The van der Waals surface area contributed by atoms with Crippen molar-refractivity contribution < 1.29 is 8.78 Å². The minimum absolute atomic E-state index is 0.170. The maximum atomic E-state index is 13.6. The second-order valence-electron chi connectivity index (χ2n) is 4.17. The Morgan fingerprint density at radius 2 is 2.00 bits per heavy atom. The zero-order valence-corrected chi connectivity index (χ0v) is 9.59. The third kappa shape index (κ3) is 1.93. The van der Waals surface area contributed by atoms with E-state index in [-0.39, 0.29) is 5.69 Å². The Morgan fingerprint density at radius 1 is 1.24 bits per heavy atom. The van der Waals surface area contributed by atoms with E-state index in [0.717, 1.165) is 24.6 Å². The Bertz CT molecular complexity index is 576. The number of hydrogen-bond acceptors (Lipinski definition) is 1. The van der Waals surface area contributed by atoms with Crippen molar-refractivity contribution >= 4 is 11.6 Å². The van der Waals surface area contributed by atoms with Gasteiger partial charge in [0.05, 0.1) is 5.69 Å². The van der Waals surface area contributed by atoms with E-state index in [9.17, 15) is 8.78 Å². The standard InChI is InChI=1S/C12H9ClF2N2/c13-12-6-10(7-1-2-7)16-17(12)11-4-3-8(14)5-9(11)15/h3-7H,1-2H2. The third-order valence-corrected chi connectivity index (χ3v) is 3.09. The maximum absolute atomic E-state index is 13.6. The Balaban J connectivity index is 2.07. The van der Waals surface area contributed by atoms with Crippen LogP contribution in [0.3, 0.4) is 0 Å². The molecule has 3 rings (SSSR count). The highest BCUT2D eigenvalue weighted by atomic mass is 35.5. The van der Waals surface area contributed by atoms with Crippen molar-refractivity contribution in [3.8, 4) is 5.69 Å². The van der Waals surface area contributed by atoms with Gasteiger partial charge in [-0.1, -0.05) is 11.6 Å². The van der Waals surface area contributed by atoms with E-state index < -0.39 is 11.6 Å². The topological polar surface area (TPSA) is 17.8 Å². The molecule has 0 amide bonds. The minimum atomic E-state index is -0.669. The van der Waals surface area contributed by atoms with E-state index in [1.54, 1.807) is 6.07 Å². The normalized spacial score (nSPS) is 15.2. The van der Waals surface area contributed by atoms with Gasteiger partial charge in [-0.05, 0) is 31.0 Å². The summed E-state index contributed by atoms with van der Waals surface area (Å²) in [5.74, 6) is -0.841. The lowest BCUT2D eigenvalue weighted by Gasteiger charge is -2.04.